The van der Waals surface area contributed by atoms with Crippen LogP contribution in [0.15, 0.2) is 64.9 Å². The molecule has 0 bridgehead atoms. The first-order valence-electron chi connectivity index (χ1n) is 7.85. The maximum atomic E-state index is 11.7. The fourth-order valence-corrected chi connectivity index (χ4v) is 4.23. The van der Waals surface area contributed by atoms with Crippen LogP contribution in [-0.4, -0.2) is 19.6 Å². The average molecular weight is 404 g/mol. The van der Waals surface area contributed by atoms with E-state index < -0.39 is 14.8 Å². The molecule has 7 nitrogen and oxygen atoms in total. The summed E-state index contributed by atoms with van der Waals surface area (Å²) in [5.41, 5.74) is 1.36. The van der Waals surface area contributed by atoms with Crippen LogP contribution in [0.1, 0.15) is 5.56 Å². The number of thiophene rings is 1. The summed E-state index contributed by atoms with van der Waals surface area (Å²) in [5, 5.41) is 14.3. The third-order valence-corrected chi connectivity index (χ3v) is 6.45. The van der Waals surface area contributed by atoms with Crippen LogP contribution in [0.2, 0.25) is 0 Å². The van der Waals surface area contributed by atoms with E-state index in [0.29, 0.717) is 18.0 Å². The van der Waals surface area contributed by atoms with Gasteiger partial charge in [0.15, 0.2) is 14.8 Å². The Labute approximate surface area is 160 Å². The number of hydrogen-bond acceptors (Lipinski definition) is 7. The van der Waals surface area contributed by atoms with Crippen molar-refractivity contribution in [3.05, 3.63) is 76.3 Å². The number of benzene rings is 2. The van der Waals surface area contributed by atoms with Gasteiger partial charge in [-0.15, -0.1) is 0 Å². The van der Waals surface area contributed by atoms with Gasteiger partial charge in [0.1, 0.15) is 16.6 Å². The Balaban J connectivity index is 1.73. The molecule has 0 aliphatic rings. The molecule has 0 aliphatic carbocycles. The van der Waals surface area contributed by atoms with Gasteiger partial charge < -0.3 is 10.1 Å². The summed E-state index contributed by atoms with van der Waals surface area (Å²) in [6.45, 7) is 0.432. The van der Waals surface area contributed by atoms with Crippen LogP contribution in [0.4, 0.5) is 16.4 Å². The van der Waals surface area contributed by atoms with E-state index in [0.717, 1.165) is 29.2 Å². The van der Waals surface area contributed by atoms with E-state index in [4.69, 9.17) is 4.74 Å². The van der Waals surface area contributed by atoms with E-state index in [1.165, 1.54) is 0 Å². The number of nitro groups is 1. The van der Waals surface area contributed by atoms with Crippen molar-refractivity contribution in [1.29, 1.82) is 0 Å². The molecule has 1 N–H and O–H groups in total. The van der Waals surface area contributed by atoms with Crippen LogP contribution in [0.3, 0.4) is 0 Å². The molecule has 27 heavy (non-hydrogen) atoms. The van der Waals surface area contributed by atoms with E-state index in [1.54, 1.807) is 24.3 Å². The average Bonchev–Trinajstić information content (AvgIpc) is 3.07. The van der Waals surface area contributed by atoms with Crippen molar-refractivity contribution in [2.45, 2.75) is 10.8 Å². The van der Waals surface area contributed by atoms with Gasteiger partial charge in [-0.2, -0.15) is 0 Å². The predicted octanol–water partition coefficient (Wildman–Crippen LogP) is 4.38. The van der Waals surface area contributed by atoms with Gasteiger partial charge in [0.25, 0.3) is 0 Å². The minimum Gasteiger partial charge on any atom is -0.489 e. The third-order valence-electron chi connectivity index (χ3n) is 3.61. The zero-order chi connectivity index (χ0) is 19.4. The van der Waals surface area contributed by atoms with Crippen molar-refractivity contribution >= 4 is 37.5 Å². The van der Waals surface area contributed by atoms with Crippen molar-refractivity contribution in [3.8, 4) is 5.75 Å². The number of anilines is 2. The molecule has 140 valence electrons. The van der Waals surface area contributed by atoms with E-state index in [-0.39, 0.29) is 14.9 Å². The molecular weight excluding hydrogens is 388 g/mol. The first-order valence-corrected chi connectivity index (χ1v) is 10.6. The van der Waals surface area contributed by atoms with Gasteiger partial charge in [-0.3, -0.25) is 10.1 Å². The Bertz CT molecular complexity index is 1050. The first kappa shape index (κ1) is 18.9. The number of hydrogen-bond donors (Lipinski definition) is 1. The molecule has 0 saturated carbocycles. The van der Waals surface area contributed by atoms with Gasteiger partial charge >= 0.3 is 5.69 Å². The molecule has 0 unspecified atom stereocenters. The molecule has 0 aliphatic heterocycles. The van der Waals surface area contributed by atoms with E-state index >= 15 is 0 Å². The molecule has 1 aromatic heterocycles. The Morgan fingerprint density at radius 1 is 1.11 bits per heavy atom. The van der Waals surface area contributed by atoms with Crippen LogP contribution >= 0.6 is 11.3 Å². The second-order valence-electron chi connectivity index (χ2n) is 5.73. The molecule has 0 fully saturated rings. The largest absolute Gasteiger partial charge is 0.489 e. The first-order chi connectivity index (χ1) is 12.8. The van der Waals surface area contributed by atoms with Crippen LogP contribution in [0.5, 0.6) is 5.75 Å². The predicted molar refractivity (Wildman–Crippen MR) is 105 cm³/mol. The summed E-state index contributed by atoms with van der Waals surface area (Å²) in [6, 6.07) is 17.7. The normalized spacial score (nSPS) is 11.1. The standard InChI is InChI=1S/C18H16N2O5S2/c1-27(23,24)17-11-16(20(21)22)18(26-17)19-14-7-9-15(10-8-14)25-12-13-5-3-2-4-6-13/h2-11,19H,12H2,1H3. The SMILES string of the molecule is CS(=O)(=O)c1cc([N+](=O)[O-])c(Nc2ccc(OCc3ccccc3)cc2)s1. The zero-order valence-electron chi connectivity index (χ0n) is 14.3. The molecule has 1 heterocycles. The van der Waals surface area contributed by atoms with E-state index in [1.807, 2.05) is 30.3 Å². The molecule has 3 rings (SSSR count). The number of nitrogens with zero attached hydrogens (tertiary/aromatic N) is 1. The minimum atomic E-state index is -3.52. The van der Waals surface area contributed by atoms with E-state index in [2.05, 4.69) is 5.32 Å². The molecule has 0 saturated heterocycles. The summed E-state index contributed by atoms with van der Waals surface area (Å²) in [6.07, 6.45) is 1.02. The number of sulfone groups is 1. The van der Waals surface area contributed by atoms with E-state index in [9.17, 15) is 18.5 Å². The van der Waals surface area contributed by atoms with Gasteiger partial charge in [-0.25, -0.2) is 8.42 Å². The van der Waals surface area contributed by atoms with Crippen molar-refractivity contribution in [3.63, 3.8) is 0 Å². The monoisotopic (exact) mass is 404 g/mol. The molecule has 0 atom stereocenters. The van der Waals surface area contributed by atoms with Gasteiger partial charge in [0, 0.05) is 18.0 Å². The van der Waals surface area contributed by atoms with Crippen molar-refractivity contribution in [2.24, 2.45) is 0 Å². The Hall–Kier alpha value is -2.91. The molecular formula is C18H16N2O5S2. The van der Waals surface area contributed by atoms with Crippen molar-refractivity contribution in [2.75, 3.05) is 11.6 Å². The lowest BCUT2D eigenvalue weighted by atomic mass is 10.2. The lowest BCUT2D eigenvalue weighted by molar-refractivity contribution is -0.383. The molecule has 0 spiro atoms. The number of ether oxygens (including phenoxy) is 1. The molecule has 9 heteroatoms. The van der Waals surface area contributed by atoms with Gasteiger partial charge in [0.2, 0.25) is 0 Å². The molecule has 0 radical (unpaired) electrons. The second kappa shape index (κ2) is 7.77. The molecule has 0 amide bonds. The highest BCUT2D eigenvalue weighted by atomic mass is 32.2. The highest BCUT2D eigenvalue weighted by Gasteiger charge is 2.23. The zero-order valence-corrected chi connectivity index (χ0v) is 15.9. The molecule has 2 aromatic carbocycles. The lowest BCUT2D eigenvalue weighted by Gasteiger charge is -2.08. The highest BCUT2D eigenvalue weighted by Crippen LogP contribution is 2.39. The quantitative estimate of drug-likeness (QED) is 0.463. The second-order valence-corrected chi connectivity index (χ2v) is 9.03. The Morgan fingerprint density at radius 2 is 1.78 bits per heavy atom. The van der Waals surface area contributed by atoms with Crippen LogP contribution in [0.25, 0.3) is 0 Å². The van der Waals surface area contributed by atoms with Crippen molar-refractivity contribution in [1.82, 2.24) is 0 Å². The topological polar surface area (TPSA) is 98.5 Å². The summed E-state index contributed by atoms with van der Waals surface area (Å²) >= 11 is 0.829. The summed E-state index contributed by atoms with van der Waals surface area (Å²) in [4.78, 5) is 10.6. The maximum absolute atomic E-state index is 11.7. The van der Waals surface area contributed by atoms with Gasteiger partial charge in [-0.05, 0) is 29.8 Å². The van der Waals surface area contributed by atoms with Crippen LogP contribution in [-0.2, 0) is 16.4 Å². The van der Waals surface area contributed by atoms with Crippen molar-refractivity contribution < 1.29 is 18.1 Å². The highest BCUT2D eigenvalue weighted by molar-refractivity contribution is 7.92. The maximum Gasteiger partial charge on any atom is 0.305 e. The van der Waals surface area contributed by atoms with Crippen LogP contribution < -0.4 is 10.1 Å². The molecule has 3 aromatic rings. The lowest BCUT2D eigenvalue weighted by Crippen LogP contribution is -1.96. The Kier molecular flexibility index (Phi) is 5.43. The fraction of sp³-hybridized carbons (Fsp3) is 0.111. The fourth-order valence-electron chi connectivity index (χ4n) is 2.27. The Morgan fingerprint density at radius 3 is 2.37 bits per heavy atom. The smallest absolute Gasteiger partial charge is 0.305 e. The summed E-state index contributed by atoms with van der Waals surface area (Å²) < 4.78 is 28.9. The van der Waals surface area contributed by atoms with Gasteiger partial charge in [0.05, 0.1) is 4.92 Å². The third kappa shape index (κ3) is 4.83. The summed E-state index contributed by atoms with van der Waals surface area (Å²) in [5.74, 6) is 0.655. The number of rotatable bonds is 7. The minimum absolute atomic E-state index is 0.0560. The van der Waals surface area contributed by atoms with Gasteiger partial charge in [-0.1, -0.05) is 41.7 Å². The number of nitrogens with one attached hydrogen (secondary N) is 1. The van der Waals surface area contributed by atoms with Crippen LogP contribution in [0, 0.1) is 10.1 Å². The summed E-state index contributed by atoms with van der Waals surface area (Å²) in [7, 11) is -3.52.